The van der Waals surface area contributed by atoms with Crippen molar-refractivity contribution >= 4 is 17.4 Å². The van der Waals surface area contributed by atoms with Crippen LogP contribution in [-0.2, 0) is 4.79 Å². The highest BCUT2D eigenvalue weighted by Gasteiger charge is 2.49. The molecule has 2 aromatic rings. The van der Waals surface area contributed by atoms with Gasteiger partial charge >= 0.3 is 5.97 Å². The Morgan fingerprint density at radius 1 is 1.25 bits per heavy atom. The zero-order valence-corrected chi connectivity index (χ0v) is 10.9. The van der Waals surface area contributed by atoms with Crippen LogP contribution in [0.4, 0.5) is 5.82 Å². The number of carboxylic acids is 1. The summed E-state index contributed by atoms with van der Waals surface area (Å²) < 4.78 is 1.93. The van der Waals surface area contributed by atoms with Gasteiger partial charge in [0, 0.05) is 30.8 Å². The normalized spacial score (nSPS) is 31.8. The van der Waals surface area contributed by atoms with Crippen LogP contribution < -0.4 is 5.32 Å². The number of nitrogens with zero attached hydrogens (tertiary/aromatic N) is 3. The van der Waals surface area contributed by atoms with Gasteiger partial charge in [0.1, 0.15) is 0 Å². The maximum absolute atomic E-state index is 11.1. The van der Waals surface area contributed by atoms with Crippen LogP contribution in [0.3, 0.4) is 0 Å². The summed E-state index contributed by atoms with van der Waals surface area (Å²) in [4.78, 5) is 19.7. The van der Waals surface area contributed by atoms with Crippen LogP contribution in [-0.4, -0.2) is 31.5 Å². The Balaban J connectivity index is 1.51. The summed E-state index contributed by atoms with van der Waals surface area (Å²) in [6.45, 7) is 0. The molecule has 2 heterocycles. The van der Waals surface area contributed by atoms with Crippen molar-refractivity contribution in [3.63, 3.8) is 0 Å². The van der Waals surface area contributed by atoms with E-state index in [-0.39, 0.29) is 5.92 Å². The van der Waals surface area contributed by atoms with Gasteiger partial charge in [-0.15, -0.1) is 0 Å². The molecule has 2 saturated carbocycles. The summed E-state index contributed by atoms with van der Waals surface area (Å²) in [7, 11) is 0. The molecule has 104 valence electrons. The molecular formula is C14H16N4O2. The molecule has 2 N–H and O–H groups in total. The lowest BCUT2D eigenvalue weighted by atomic mass is 9.71. The molecule has 20 heavy (non-hydrogen) atoms. The Morgan fingerprint density at radius 3 is 2.85 bits per heavy atom. The Labute approximate surface area is 115 Å². The summed E-state index contributed by atoms with van der Waals surface area (Å²) in [5.41, 5.74) is 0.823. The Hall–Kier alpha value is -2.11. The quantitative estimate of drug-likeness (QED) is 0.888. The van der Waals surface area contributed by atoms with E-state index in [1.165, 1.54) is 0 Å². The Bertz CT molecular complexity index is 668. The lowest BCUT2D eigenvalue weighted by Gasteiger charge is -2.41. The third-order valence-corrected chi connectivity index (χ3v) is 4.81. The number of aliphatic carboxylic acids is 1. The molecule has 1 unspecified atom stereocenters. The number of aromatic nitrogens is 3. The highest BCUT2D eigenvalue weighted by molar-refractivity contribution is 5.70. The van der Waals surface area contributed by atoms with Crippen LogP contribution in [0.15, 0.2) is 24.8 Å². The van der Waals surface area contributed by atoms with Crippen LogP contribution in [0.5, 0.6) is 0 Å². The van der Waals surface area contributed by atoms with Gasteiger partial charge in [-0.2, -0.15) is 0 Å². The van der Waals surface area contributed by atoms with Crippen molar-refractivity contribution in [3.8, 4) is 0 Å². The van der Waals surface area contributed by atoms with E-state index in [1.54, 1.807) is 12.4 Å². The zero-order chi connectivity index (χ0) is 13.7. The fraction of sp³-hybridized carbons (Fsp3) is 0.500. The van der Waals surface area contributed by atoms with Gasteiger partial charge in [-0.1, -0.05) is 0 Å². The lowest BCUT2D eigenvalue weighted by molar-refractivity contribution is -0.141. The second-order valence-corrected chi connectivity index (χ2v) is 5.85. The first-order chi connectivity index (χ1) is 9.72. The van der Waals surface area contributed by atoms with Crippen molar-refractivity contribution in [1.82, 2.24) is 14.4 Å². The van der Waals surface area contributed by atoms with E-state index in [1.807, 2.05) is 16.8 Å². The van der Waals surface area contributed by atoms with Crippen molar-refractivity contribution in [2.75, 3.05) is 5.32 Å². The Kier molecular flexibility index (Phi) is 2.45. The number of hydrogen-bond donors (Lipinski definition) is 2. The smallest absolute Gasteiger partial charge is 0.306 e. The molecule has 6 nitrogen and oxygen atoms in total. The first-order valence-corrected chi connectivity index (χ1v) is 6.99. The van der Waals surface area contributed by atoms with Crippen LogP contribution in [0, 0.1) is 17.8 Å². The molecule has 6 heteroatoms. The van der Waals surface area contributed by atoms with Crippen molar-refractivity contribution < 1.29 is 9.90 Å². The molecule has 2 aliphatic carbocycles. The van der Waals surface area contributed by atoms with Crippen LogP contribution in [0.1, 0.15) is 19.3 Å². The highest BCUT2D eigenvalue weighted by atomic mass is 16.4. The maximum atomic E-state index is 11.1. The fourth-order valence-corrected chi connectivity index (χ4v) is 3.73. The molecule has 0 amide bonds. The van der Waals surface area contributed by atoms with Gasteiger partial charge in [-0.3, -0.25) is 4.79 Å². The number of anilines is 1. The molecule has 0 spiro atoms. The second kappa shape index (κ2) is 4.19. The Morgan fingerprint density at radius 2 is 2.05 bits per heavy atom. The van der Waals surface area contributed by atoms with Gasteiger partial charge in [0.05, 0.1) is 5.92 Å². The molecule has 4 atom stereocenters. The third-order valence-electron chi connectivity index (χ3n) is 4.81. The second-order valence-electron chi connectivity index (χ2n) is 5.85. The summed E-state index contributed by atoms with van der Waals surface area (Å²) in [5, 5.41) is 12.6. The van der Waals surface area contributed by atoms with Crippen molar-refractivity contribution in [2.24, 2.45) is 17.8 Å². The molecule has 0 aliphatic heterocycles. The number of fused-ring (bicyclic) bond motifs is 2. The first kappa shape index (κ1) is 11.7. The van der Waals surface area contributed by atoms with Crippen LogP contribution in [0.2, 0.25) is 0 Å². The van der Waals surface area contributed by atoms with Crippen molar-refractivity contribution in [2.45, 2.75) is 25.3 Å². The number of rotatable bonds is 3. The van der Waals surface area contributed by atoms with Crippen LogP contribution >= 0.6 is 0 Å². The number of hydrogen-bond acceptors (Lipinski definition) is 4. The summed E-state index contributed by atoms with van der Waals surface area (Å²) in [6, 6.07) is 0.333. The van der Waals surface area contributed by atoms with E-state index >= 15 is 0 Å². The minimum absolute atomic E-state index is 0.160. The van der Waals surface area contributed by atoms with Crippen LogP contribution in [0.25, 0.3) is 5.65 Å². The molecule has 2 aromatic heterocycles. The summed E-state index contributed by atoms with van der Waals surface area (Å²) >= 11 is 0. The standard InChI is InChI=1S/C14H16N4O2/c19-14(20)9-5-8-7-11(10(8)6-9)17-12-13-16-2-4-18(13)3-1-15-12/h1-4,8-11H,5-7H2,(H,15,17)(H,19,20)/t8-,9?,10-,11+/m1/s1. The number of carboxylic acid groups (broad SMARTS) is 1. The van der Waals surface area contributed by atoms with Gasteiger partial charge < -0.3 is 14.8 Å². The average molecular weight is 272 g/mol. The van der Waals surface area contributed by atoms with Gasteiger partial charge in [0.15, 0.2) is 11.5 Å². The first-order valence-electron chi connectivity index (χ1n) is 6.99. The average Bonchev–Trinajstić information content (AvgIpc) is 3.00. The van der Waals surface area contributed by atoms with E-state index in [0.29, 0.717) is 17.9 Å². The van der Waals surface area contributed by atoms with E-state index in [0.717, 1.165) is 30.7 Å². The van der Waals surface area contributed by atoms with Gasteiger partial charge in [0.2, 0.25) is 0 Å². The predicted molar refractivity (Wildman–Crippen MR) is 72.4 cm³/mol. The van der Waals surface area contributed by atoms with E-state index in [9.17, 15) is 4.79 Å². The topological polar surface area (TPSA) is 79.5 Å². The molecule has 4 rings (SSSR count). The van der Waals surface area contributed by atoms with E-state index in [4.69, 9.17) is 5.11 Å². The SMILES string of the molecule is O=C(O)C1C[C@@H]2C[C@H](Nc3nccn4ccnc34)[C@@H]2C1. The monoisotopic (exact) mass is 272 g/mol. The third kappa shape index (κ3) is 1.67. The number of imidazole rings is 1. The summed E-state index contributed by atoms with van der Waals surface area (Å²) in [5.74, 6) is 1.01. The minimum atomic E-state index is -0.647. The molecular weight excluding hydrogens is 256 g/mol. The lowest BCUT2D eigenvalue weighted by Crippen LogP contribution is -2.43. The molecule has 0 aromatic carbocycles. The number of carbonyl (C=O) groups is 1. The summed E-state index contributed by atoms with van der Waals surface area (Å²) in [6.07, 6.45) is 9.92. The maximum Gasteiger partial charge on any atom is 0.306 e. The van der Waals surface area contributed by atoms with Crippen molar-refractivity contribution in [1.29, 1.82) is 0 Å². The van der Waals surface area contributed by atoms with E-state index < -0.39 is 5.97 Å². The van der Waals surface area contributed by atoms with Gasteiger partial charge in [-0.05, 0) is 31.1 Å². The van der Waals surface area contributed by atoms with Gasteiger partial charge in [-0.25, -0.2) is 9.97 Å². The predicted octanol–water partition coefficient (Wildman–Crippen LogP) is 1.64. The van der Waals surface area contributed by atoms with E-state index in [2.05, 4.69) is 15.3 Å². The molecule has 2 aliphatic rings. The fourth-order valence-electron chi connectivity index (χ4n) is 3.73. The largest absolute Gasteiger partial charge is 0.481 e. The zero-order valence-electron chi connectivity index (χ0n) is 10.9. The molecule has 2 fully saturated rings. The molecule has 0 bridgehead atoms. The molecule has 0 radical (unpaired) electrons. The van der Waals surface area contributed by atoms with Gasteiger partial charge in [0.25, 0.3) is 0 Å². The molecule has 0 saturated heterocycles. The highest BCUT2D eigenvalue weighted by Crippen LogP contribution is 2.50. The number of nitrogens with one attached hydrogen (secondary N) is 1. The minimum Gasteiger partial charge on any atom is -0.481 e. The van der Waals surface area contributed by atoms with Crippen molar-refractivity contribution in [3.05, 3.63) is 24.8 Å².